The number of nitrogens with two attached hydrogens (primary N) is 1. The van der Waals surface area contributed by atoms with Crippen molar-refractivity contribution in [1.82, 2.24) is 0 Å². The third-order valence-electron chi connectivity index (χ3n) is 3.13. The van der Waals surface area contributed by atoms with Crippen molar-refractivity contribution in [3.8, 4) is 11.1 Å². The van der Waals surface area contributed by atoms with Crippen LogP contribution in [0.3, 0.4) is 0 Å². The number of rotatable bonds is 3. The molecule has 0 saturated heterocycles. The minimum Gasteiger partial charge on any atom is -0.297 e. The van der Waals surface area contributed by atoms with E-state index in [1.165, 1.54) is 12.1 Å². The predicted molar refractivity (Wildman–Crippen MR) is 70.6 cm³/mol. The standard InChI is InChI=1S/C15H14F3NO/c1-10(20-19)13-4-2-3-5-14(13)11-6-8-12(9-7-11)15(16,17)18/h2-10H,19H2,1H3. The highest BCUT2D eigenvalue weighted by Gasteiger charge is 2.30. The summed E-state index contributed by atoms with van der Waals surface area (Å²) >= 11 is 0. The lowest BCUT2D eigenvalue weighted by atomic mass is 9.96. The monoisotopic (exact) mass is 281 g/mol. The fourth-order valence-electron chi connectivity index (χ4n) is 2.03. The average molecular weight is 281 g/mol. The van der Waals surface area contributed by atoms with Gasteiger partial charge in [-0.05, 0) is 35.7 Å². The van der Waals surface area contributed by atoms with E-state index in [2.05, 4.69) is 0 Å². The molecule has 0 radical (unpaired) electrons. The van der Waals surface area contributed by atoms with E-state index in [1.807, 2.05) is 24.3 Å². The van der Waals surface area contributed by atoms with Gasteiger partial charge in [-0.25, -0.2) is 5.90 Å². The average Bonchev–Trinajstić information content (AvgIpc) is 2.45. The Labute approximate surface area is 114 Å². The lowest BCUT2D eigenvalue weighted by molar-refractivity contribution is -0.137. The minimum atomic E-state index is -4.33. The Morgan fingerprint density at radius 3 is 2.15 bits per heavy atom. The van der Waals surface area contributed by atoms with Crippen LogP contribution in [0.1, 0.15) is 24.2 Å². The quantitative estimate of drug-likeness (QED) is 0.850. The Morgan fingerprint density at radius 2 is 1.60 bits per heavy atom. The first kappa shape index (κ1) is 14.6. The van der Waals surface area contributed by atoms with Crippen molar-refractivity contribution in [1.29, 1.82) is 0 Å². The molecule has 0 amide bonds. The van der Waals surface area contributed by atoms with Crippen molar-refractivity contribution in [2.75, 3.05) is 0 Å². The molecule has 0 aliphatic heterocycles. The molecule has 2 N–H and O–H groups in total. The summed E-state index contributed by atoms with van der Waals surface area (Å²) in [4.78, 5) is 4.80. The third kappa shape index (κ3) is 3.00. The first-order valence-corrected chi connectivity index (χ1v) is 6.05. The maximum absolute atomic E-state index is 12.5. The van der Waals surface area contributed by atoms with Gasteiger partial charge in [-0.15, -0.1) is 0 Å². The van der Waals surface area contributed by atoms with Crippen LogP contribution in [-0.2, 0) is 11.0 Å². The molecule has 0 aliphatic rings. The lowest BCUT2D eigenvalue weighted by Crippen LogP contribution is -2.07. The molecule has 0 aliphatic carbocycles. The van der Waals surface area contributed by atoms with Crippen LogP contribution < -0.4 is 5.90 Å². The maximum atomic E-state index is 12.5. The third-order valence-corrected chi connectivity index (χ3v) is 3.13. The Balaban J connectivity index is 2.42. The Hall–Kier alpha value is -1.85. The van der Waals surface area contributed by atoms with E-state index in [-0.39, 0.29) is 6.10 Å². The van der Waals surface area contributed by atoms with E-state index in [4.69, 9.17) is 10.7 Å². The van der Waals surface area contributed by atoms with Gasteiger partial charge in [0.25, 0.3) is 0 Å². The Kier molecular flexibility index (Phi) is 4.11. The summed E-state index contributed by atoms with van der Waals surface area (Å²) in [6.45, 7) is 1.78. The zero-order chi connectivity index (χ0) is 14.8. The number of alkyl halides is 3. The van der Waals surface area contributed by atoms with Crippen LogP contribution in [0, 0.1) is 0 Å². The summed E-state index contributed by atoms with van der Waals surface area (Å²) in [5.41, 5.74) is 1.66. The van der Waals surface area contributed by atoms with E-state index < -0.39 is 11.7 Å². The van der Waals surface area contributed by atoms with Crippen LogP contribution in [-0.4, -0.2) is 0 Å². The first-order valence-electron chi connectivity index (χ1n) is 6.05. The van der Waals surface area contributed by atoms with Crippen molar-refractivity contribution < 1.29 is 18.0 Å². The van der Waals surface area contributed by atoms with Crippen molar-refractivity contribution in [3.05, 3.63) is 59.7 Å². The lowest BCUT2D eigenvalue weighted by Gasteiger charge is -2.15. The second-order valence-electron chi connectivity index (χ2n) is 4.44. The molecular weight excluding hydrogens is 267 g/mol. The van der Waals surface area contributed by atoms with Gasteiger partial charge < -0.3 is 0 Å². The largest absolute Gasteiger partial charge is 0.416 e. The van der Waals surface area contributed by atoms with E-state index >= 15 is 0 Å². The molecular formula is C15H14F3NO. The molecule has 20 heavy (non-hydrogen) atoms. The second kappa shape index (κ2) is 5.64. The zero-order valence-corrected chi connectivity index (χ0v) is 10.8. The van der Waals surface area contributed by atoms with Gasteiger partial charge in [0.1, 0.15) is 6.10 Å². The van der Waals surface area contributed by atoms with E-state index in [9.17, 15) is 13.2 Å². The van der Waals surface area contributed by atoms with Crippen molar-refractivity contribution in [3.63, 3.8) is 0 Å². The summed E-state index contributed by atoms with van der Waals surface area (Å²) in [5.74, 6) is 5.18. The fraction of sp³-hybridized carbons (Fsp3) is 0.200. The highest BCUT2D eigenvalue weighted by molar-refractivity contribution is 5.68. The van der Waals surface area contributed by atoms with Crippen molar-refractivity contribution in [2.45, 2.75) is 19.2 Å². The minimum absolute atomic E-state index is 0.339. The van der Waals surface area contributed by atoms with Crippen LogP contribution in [0.5, 0.6) is 0 Å². The van der Waals surface area contributed by atoms with Crippen LogP contribution in [0.15, 0.2) is 48.5 Å². The highest BCUT2D eigenvalue weighted by atomic mass is 19.4. The van der Waals surface area contributed by atoms with Gasteiger partial charge in [0, 0.05) is 0 Å². The number of benzene rings is 2. The van der Waals surface area contributed by atoms with Crippen molar-refractivity contribution >= 4 is 0 Å². The molecule has 2 aromatic rings. The molecule has 5 heteroatoms. The molecule has 2 nitrogen and oxygen atoms in total. The Bertz CT molecular complexity index is 578. The van der Waals surface area contributed by atoms with Crippen molar-refractivity contribution in [2.24, 2.45) is 5.90 Å². The van der Waals surface area contributed by atoms with Crippen LogP contribution in [0.2, 0.25) is 0 Å². The summed E-state index contributed by atoms with van der Waals surface area (Å²) in [7, 11) is 0. The molecule has 0 heterocycles. The molecule has 0 bridgehead atoms. The van der Waals surface area contributed by atoms with Gasteiger partial charge in [-0.1, -0.05) is 36.4 Å². The van der Waals surface area contributed by atoms with E-state index in [0.717, 1.165) is 23.3 Å². The maximum Gasteiger partial charge on any atom is 0.416 e. The number of hydrogen-bond acceptors (Lipinski definition) is 2. The topological polar surface area (TPSA) is 35.2 Å². The van der Waals surface area contributed by atoms with Gasteiger partial charge in [-0.2, -0.15) is 13.2 Å². The first-order chi connectivity index (χ1) is 9.43. The van der Waals surface area contributed by atoms with Crippen LogP contribution >= 0.6 is 0 Å². The SMILES string of the molecule is CC(ON)c1ccccc1-c1ccc(C(F)(F)F)cc1. The smallest absolute Gasteiger partial charge is 0.297 e. The summed E-state index contributed by atoms with van der Waals surface area (Å²) in [5, 5.41) is 0. The van der Waals surface area contributed by atoms with Crippen LogP contribution in [0.25, 0.3) is 11.1 Å². The normalized spacial score (nSPS) is 13.2. The highest BCUT2D eigenvalue weighted by Crippen LogP contribution is 2.33. The molecule has 0 aromatic heterocycles. The number of halogens is 3. The van der Waals surface area contributed by atoms with E-state index in [1.54, 1.807) is 6.92 Å². The van der Waals surface area contributed by atoms with Gasteiger partial charge in [-0.3, -0.25) is 4.84 Å². The molecule has 0 spiro atoms. The van der Waals surface area contributed by atoms with Gasteiger partial charge in [0.05, 0.1) is 5.56 Å². The fourth-order valence-corrected chi connectivity index (χ4v) is 2.03. The van der Waals surface area contributed by atoms with Gasteiger partial charge in [0.2, 0.25) is 0 Å². The van der Waals surface area contributed by atoms with Gasteiger partial charge in [0.15, 0.2) is 0 Å². The van der Waals surface area contributed by atoms with Crippen LogP contribution in [0.4, 0.5) is 13.2 Å². The second-order valence-corrected chi connectivity index (χ2v) is 4.44. The molecule has 1 atom stereocenters. The van der Waals surface area contributed by atoms with E-state index in [0.29, 0.717) is 5.56 Å². The van der Waals surface area contributed by atoms with Gasteiger partial charge >= 0.3 is 6.18 Å². The molecule has 2 aromatic carbocycles. The predicted octanol–water partition coefficient (Wildman–Crippen LogP) is 4.32. The molecule has 1 unspecified atom stereocenters. The molecule has 0 saturated carbocycles. The molecule has 106 valence electrons. The molecule has 0 fully saturated rings. The zero-order valence-electron chi connectivity index (χ0n) is 10.8. The Morgan fingerprint density at radius 1 is 1.00 bits per heavy atom. The molecule has 2 rings (SSSR count). The summed E-state index contributed by atoms with van der Waals surface area (Å²) in [6.07, 6.45) is -4.67. The summed E-state index contributed by atoms with van der Waals surface area (Å²) < 4.78 is 37.6. The number of hydrogen-bond donors (Lipinski definition) is 1. The summed E-state index contributed by atoms with van der Waals surface area (Å²) in [6, 6.07) is 12.4.